The third-order valence-corrected chi connectivity index (χ3v) is 3.01. The molecule has 0 amide bonds. The van der Waals surface area contributed by atoms with E-state index in [0.717, 1.165) is 0 Å². The van der Waals surface area contributed by atoms with Gasteiger partial charge in [0, 0.05) is 6.04 Å². The molecule has 0 spiro atoms. The predicted octanol–water partition coefficient (Wildman–Crippen LogP) is 2.00. The van der Waals surface area contributed by atoms with E-state index in [-0.39, 0.29) is 0 Å². The molecular weight excluding hydrogens is 219 g/mol. The van der Waals surface area contributed by atoms with Gasteiger partial charge in [0.05, 0.1) is 0 Å². The summed E-state index contributed by atoms with van der Waals surface area (Å²) in [6, 6.07) is -0.633. The molecule has 1 unspecified atom stereocenters. The average molecular weight is 233 g/mol. The summed E-state index contributed by atoms with van der Waals surface area (Å²) in [4.78, 5) is 0. The molecule has 7 heteroatoms. The lowest BCUT2D eigenvalue weighted by atomic mass is 10.1. The molecule has 86 valence electrons. The fourth-order valence-electron chi connectivity index (χ4n) is 0.981. The van der Waals surface area contributed by atoms with Crippen molar-refractivity contribution in [3.63, 3.8) is 0 Å². The molecule has 0 aliphatic rings. The van der Waals surface area contributed by atoms with Crippen molar-refractivity contribution < 1.29 is 21.6 Å². The topological polar surface area (TPSA) is 46.2 Å². The summed E-state index contributed by atoms with van der Waals surface area (Å²) in [6.07, 6.45) is 1.40. The minimum absolute atomic E-state index is 0.350. The summed E-state index contributed by atoms with van der Waals surface area (Å²) < 4.78 is 58.7. The zero-order chi connectivity index (χ0) is 11.4. The minimum Gasteiger partial charge on any atom is -0.204 e. The summed E-state index contributed by atoms with van der Waals surface area (Å²) in [5.74, 6) is 0. The van der Waals surface area contributed by atoms with E-state index in [0.29, 0.717) is 19.3 Å². The molecular formula is C7H14F3NO2S. The highest BCUT2D eigenvalue weighted by Crippen LogP contribution is 2.22. The summed E-state index contributed by atoms with van der Waals surface area (Å²) in [5, 5.41) is 0. The molecule has 3 nitrogen and oxygen atoms in total. The average Bonchev–Trinajstić information content (AvgIpc) is 2.01. The summed E-state index contributed by atoms with van der Waals surface area (Å²) in [5.41, 5.74) is -5.21. The van der Waals surface area contributed by atoms with Crippen LogP contribution in [0.25, 0.3) is 0 Å². The van der Waals surface area contributed by atoms with Crippen LogP contribution in [0.1, 0.15) is 33.1 Å². The second-order valence-electron chi connectivity index (χ2n) is 2.96. The van der Waals surface area contributed by atoms with Crippen LogP contribution in [0.5, 0.6) is 0 Å². The van der Waals surface area contributed by atoms with E-state index in [4.69, 9.17) is 0 Å². The molecule has 0 aliphatic carbocycles. The van der Waals surface area contributed by atoms with Crippen molar-refractivity contribution in [3.05, 3.63) is 0 Å². The van der Waals surface area contributed by atoms with Crippen molar-refractivity contribution in [1.82, 2.24) is 4.72 Å². The van der Waals surface area contributed by atoms with E-state index in [2.05, 4.69) is 0 Å². The quantitative estimate of drug-likeness (QED) is 0.789. The lowest BCUT2D eigenvalue weighted by Gasteiger charge is -2.17. The highest BCUT2D eigenvalue weighted by atomic mass is 32.2. The summed E-state index contributed by atoms with van der Waals surface area (Å²) in [7, 11) is -5.18. The lowest BCUT2D eigenvalue weighted by Crippen LogP contribution is -2.42. The number of sulfonamides is 1. The zero-order valence-electron chi connectivity index (χ0n) is 8.06. The summed E-state index contributed by atoms with van der Waals surface area (Å²) in [6.45, 7) is 3.42. The van der Waals surface area contributed by atoms with E-state index < -0.39 is 21.6 Å². The molecule has 0 aromatic heterocycles. The fourth-order valence-corrected chi connectivity index (χ4v) is 1.84. The largest absolute Gasteiger partial charge is 0.511 e. The van der Waals surface area contributed by atoms with Gasteiger partial charge in [0.25, 0.3) is 0 Å². The first-order valence-corrected chi connectivity index (χ1v) is 5.81. The van der Waals surface area contributed by atoms with E-state index in [1.54, 1.807) is 18.6 Å². The van der Waals surface area contributed by atoms with Crippen molar-refractivity contribution >= 4 is 10.0 Å². The SMILES string of the molecule is CCCC(CC)NS(=O)(=O)C(F)(F)F. The van der Waals surface area contributed by atoms with Crippen LogP contribution in [0.3, 0.4) is 0 Å². The molecule has 14 heavy (non-hydrogen) atoms. The van der Waals surface area contributed by atoms with Crippen LogP contribution >= 0.6 is 0 Å². The van der Waals surface area contributed by atoms with Crippen molar-refractivity contribution in [2.24, 2.45) is 0 Å². The van der Waals surface area contributed by atoms with Crippen molar-refractivity contribution in [3.8, 4) is 0 Å². The number of hydrogen-bond donors (Lipinski definition) is 1. The van der Waals surface area contributed by atoms with Gasteiger partial charge in [-0.1, -0.05) is 20.3 Å². The molecule has 0 rings (SSSR count). The van der Waals surface area contributed by atoms with Crippen molar-refractivity contribution in [2.45, 2.75) is 44.7 Å². The first-order chi connectivity index (χ1) is 6.24. The molecule has 0 saturated heterocycles. The maximum Gasteiger partial charge on any atom is 0.511 e. The lowest BCUT2D eigenvalue weighted by molar-refractivity contribution is -0.0451. The zero-order valence-corrected chi connectivity index (χ0v) is 8.87. The van der Waals surface area contributed by atoms with Crippen molar-refractivity contribution in [2.75, 3.05) is 0 Å². The van der Waals surface area contributed by atoms with Crippen LogP contribution in [-0.2, 0) is 10.0 Å². The molecule has 0 radical (unpaired) electrons. The van der Waals surface area contributed by atoms with Gasteiger partial charge in [0.1, 0.15) is 0 Å². The Morgan fingerprint density at radius 3 is 2.07 bits per heavy atom. The molecule has 1 atom stereocenters. The van der Waals surface area contributed by atoms with Gasteiger partial charge in [0.15, 0.2) is 0 Å². The first kappa shape index (κ1) is 13.7. The molecule has 0 fully saturated rings. The molecule has 0 aromatic rings. The van der Waals surface area contributed by atoms with Gasteiger partial charge in [-0.15, -0.1) is 0 Å². The first-order valence-electron chi connectivity index (χ1n) is 4.33. The van der Waals surface area contributed by atoms with Crippen LogP contribution in [0, 0.1) is 0 Å². The Kier molecular flexibility index (Phi) is 4.87. The van der Waals surface area contributed by atoms with Crippen LogP contribution in [0.15, 0.2) is 0 Å². The van der Waals surface area contributed by atoms with Crippen molar-refractivity contribution in [1.29, 1.82) is 0 Å². The predicted molar refractivity (Wildman–Crippen MR) is 47.1 cm³/mol. The number of hydrogen-bond acceptors (Lipinski definition) is 2. The normalized spacial score (nSPS) is 15.5. The fraction of sp³-hybridized carbons (Fsp3) is 1.00. The van der Waals surface area contributed by atoms with Gasteiger partial charge < -0.3 is 0 Å². The smallest absolute Gasteiger partial charge is 0.204 e. The van der Waals surface area contributed by atoms with E-state index >= 15 is 0 Å². The number of nitrogens with one attached hydrogen (secondary N) is 1. The highest BCUT2D eigenvalue weighted by molar-refractivity contribution is 7.90. The third kappa shape index (κ3) is 3.83. The van der Waals surface area contributed by atoms with Gasteiger partial charge >= 0.3 is 15.5 Å². The van der Waals surface area contributed by atoms with Gasteiger partial charge in [-0.25, -0.2) is 13.1 Å². The molecule has 1 N–H and O–H groups in total. The molecule has 0 aliphatic heterocycles. The Hall–Kier alpha value is -0.300. The Labute approximate surface area is 81.7 Å². The Balaban J connectivity index is 4.49. The highest BCUT2D eigenvalue weighted by Gasteiger charge is 2.46. The molecule has 0 heterocycles. The van der Waals surface area contributed by atoms with Gasteiger partial charge in [-0.3, -0.25) is 0 Å². The number of halogens is 3. The third-order valence-electron chi connectivity index (χ3n) is 1.76. The standard InChI is InChI=1S/C7H14F3NO2S/c1-3-5-6(4-2)11-14(12,13)7(8,9)10/h6,11H,3-5H2,1-2H3. The van der Waals surface area contributed by atoms with E-state index in [1.165, 1.54) is 0 Å². The van der Waals surface area contributed by atoms with E-state index in [1.807, 2.05) is 0 Å². The van der Waals surface area contributed by atoms with Gasteiger partial charge in [-0.2, -0.15) is 13.2 Å². The van der Waals surface area contributed by atoms with Crippen LogP contribution in [0.2, 0.25) is 0 Å². The Bertz CT molecular complexity index is 261. The van der Waals surface area contributed by atoms with Crippen LogP contribution < -0.4 is 4.72 Å². The second kappa shape index (κ2) is 4.97. The molecule has 0 saturated carbocycles. The second-order valence-corrected chi connectivity index (χ2v) is 4.67. The number of rotatable bonds is 5. The van der Waals surface area contributed by atoms with Crippen LogP contribution in [0.4, 0.5) is 13.2 Å². The van der Waals surface area contributed by atoms with Gasteiger partial charge in [-0.05, 0) is 12.8 Å². The monoisotopic (exact) mass is 233 g/mol. The maximum atomic E-state index is 11.9. The Morgan fingerprint density at radius 2 is 1.79 bits per heavy atom. The maximum absolute atomic E-state index is 11.9. The summed E-state index contributed by atoms with van der Waals surface area (Å²) >= 11 is 0. The molecule has 0 bridgehead atoms. The van der Waals surface area contributed by atoms with E-state index in [9.17, 15) is 21.6 Å². The number of alkyl halides is 3. The van der Waals surface area contributed by atoms with Crippen LogP contribution in [-0.4, -0.2) is 20.0 Å². The molecule has 0 aromatic carbocycles. The Morgan fingerprint density at radius 1 is 1.29 bits per heavy atom. The van der Waals surface area contributed by atoms with Gasteiger partial charge in [0.2, 0.25) is 0 Å². The minimum atomic E-state index is -5.21.